The van der Waals surface area contributed by atoms with Crippen LogP contribution in [0.25, 0.3) is 0 Å². The predicted molar refractivity (Wildman–Crippen MR) is 129 cm³/mol. The molecular formula is C27H30N4O2. The van der Waals surface area contributed by atoms with Gasteiger partial charge in [0.05, 0.1) is 5.56 Å². The van der Waals surface area contributed by atoms with Crippen LogP contribution in [0.3, 0.4) is 0 Å². The van der Waals surface area contributed by atoms with E-state index in [1.807, 2.05) is 49.4 Å². The molecular weight excluding hydrogens is 412 g/mol. The number of benzene rings is 2. The summed E-state index contributed by atoms with van der Waals surface area (Å²) in [5.74, 6) is 0.177. The van der Waals surface area contributed by atoms with E-state index in [2.05, 4.69) is 39.9 Å². The van der Waals surface area contributed by atoms with Crippen molar-refractivity contribution in [3.05, 3.63) is 101 Å². The number of aromatic nitrogens is 1. The van der Waals surface area contributed by atoms with Crippen LogP contribution < -0.4 is 10.6 Å². The normalized spacial score (nSPS) is 15.5. The van der Waals surface area contributed by atoms with Crippen molar-refractivity contribution >= 4 is 11.9 Å². The number of hydrogen-bond donors (Lipinski definition) is 2. The van der Waals surface area contributed by atoms with E-state index in [1.165, 1.54) is 11.1 Å². The van der Waals surface area contributed by atoms with E-state index in [-0.39, 0.29) is 23.9 Å². The molecule has 6 heteroatoms. The van der Waals surface area contributed by atoms with Crippen LogP contribution in [0, 0.1) is 6.92 Å². The van der Waals surface area contributed by atoms with Gasteiger partial charge in [0.2, 0.25) is 0 Å². The third-order valence-corrected chi connectivity index (χ3v) is 6.09. The summed E-state index contributed by atoms with van der Waals surface area (Å²) >= 11 is 0. The molecule has 3 amide bonds. The third kappa shape index (κ3) is 5.98. The molecule has 2 aromatic carbocycles. The fourth-order valence-corrected chi connectivity index (χ4v) is 4.30. The van der Waals surface area contributed by atoms with Gasteiger partial charge in [-0.2, -0.15) is 0 Å². The van der Waals surface area contributed by atoms with E-state index in [9.17, 15) is 9.59 Å². The summed E-state index contributed by atoms with van der Waals surface area (Å²) in [6, 6.07) is 24.1. The zero-order valence-corrected chi connectivity index (χ0v) is 18.9. The van der Waals surface area contributed by atoms with Crippen molar-refractivity contribution in [2.24, 2.45) is 0 Å². The van der Waals surface area contributed by atoms with Gasteiger partial charge in [-0.3, -0.25) is 9.78 Å². The number of amides is 3. The van der Waals surface area contributed by atoms with Gasteiger partial charge in [0.25, 0.3) is 5.91 Å². The van der Waals surface area contributed by atoms with E-state index in [0.29, 0.717) is 25.2 Å². The summed E-state index contributed by atoms with van der Waals surface area (Å²) in [4.78, 5) is 31.1. The number of carbonyl (C=O) groups is 2. The van der Waals surface area contributed by atoms with Crippen LogP contribution in [0.15, 0.2) is 79.0 Å². The molecule has 0 spiro atoms. The standard InChI is InChI=1S/C27H30N4O2/c1-20-12-13-23(18-29-20)26(32)31-17-15-24(19-31)30-27(33)28-16-14-25(21-8-4-2-5-9-21)22-10-6-3-7-11-22/h2-13,18,24-25H,14-17,19H2,1H3,(H2,28,30,33)/t24-/m1/s1. The van der Waals surface area contributed by atoms with Crippen molar-refractivity contribution in [2.45, 2.75) is 31.7 Å². The molecule has 33 heavy (non-hydrogen) atoms. The number of aryl methyl sites for hydroxylation is 1. The molecule has 4 rings (SSSR count). The molecule has 170 valence electrons. The minimum Gasteiger partial charge on any atom is -0.338 e. The van der Waals surface area contributed by atoms with E-state index in [4.69, 9.17) is 0 Å². The Hall–Kier alpha value is -3.67. The van der Waals surface area contributed by atoms with Gasteiger partial charge >= 0.3 is 6.03 Å². The second-order valence-electron chi connectivity index (χ2n) is 8.49. The largest absolute Gasteiger partial charge is 0.338 e. The number of nitrogens with one attached hydrogen (secondary N) is 2. The Balaban J connectivity index is 1.27. The third-order valence-electron chi connectivity index (χ3n) is 6.09. The number of nitrogens with zero attached hydrogens (tertiary/aromatic N) is 2. The summed E-state index contributed by atoms with van der Waals surface area (Å²) in [5, 5.41) is 6.02. The summed E-state index contributed by atoms with van der Waals surface area (Å²) in [5.41, 5.74) is 3.94. The van der Waals surface area contributed by atoms with Crippen LogP contribution in [-0.2, 0) is 0 Å². The van der Waals surface area contributed by atoms with Gasteiger partial charge in [0, 0.05) is 43.5 Å². The van der Waals surface area contributed by atoms with Crippen molar-refractivity contribution in [3.8, 4) is 0 Å². The molecule has 1 atom stereocenters. The monoisotopic (exact) mass is 442 g/mol. The first kappa shape index (κ1) is 22.5. The van der Waals surface area contributed by atoms with Crippen LogP contribution in [0.2, 0.25) is 0 Å². The maximum absolute atomic E-state index is 12.7. The Bertz CT molecular complexity index is 1010. The predicted octanol–water partition coefficient (Wildman–Crippen LogP) is 4.13. The summed E-state index contributed by atoms with van der Waals surface area (Å²) in [6.07, 6.45) is 3.16. The molecule has 3 aromatic rings. The molecule has 6 nitrogen and oxygen atoms in total. The van der Waals surface area contributed by atoms with Gasteiger partial charge in [0.15, 0.2) is 0 Å². The fraction of sp³-hybridized carbons (Fsp3) is 0.296. The number of rotatable bonds is 7. The average Bonchev–Trinajstić information content (AvgIpc) is 3.31. The Morgan fingerprint density at radius 3 is 2.27 bits per heavy atom. The van der Waals surface area contributed by atoms with E-state index in [0.717, 1.165) is 18.5 Å². The van der Waals surface area contributed by atoms with E-state index >= 15 is 0 Å². The van der Waals surface area contributed by atoms with Crippen molar-refractivity contribution in [3.63, 3.8) is 0 Å². The highest BCUT2D eigenvalue weighted by molar-refractivity contribution is 5.94. The highest BCUT2D eigenvalue weighted by atomic mass is 16.2. The van der Waals surface area contributed by atoms with Crippen molar-refractivity contribution in [1.29, 1.82) is 0 Å². The first-order valence-corrected chi connectivity index (χ1v) is 11.5. The van der Waals surface area contributed by atoms with E-state index < -0.39 is 0 Å². The molecule has 2 heterocycles. The molecule has 0 bridgehead atoms. The SMILES string of the molecule is Cc1ccc(C(=O)N2CC[C@@H](NC(=O)NCCC(c3ccccc3)c3ccccc3)C2)cn1. The lowest BCUT2D eigenvalue weighted by Crippen LogP contribution is -2.44. The summed E-state index contributed by atoms with van der Waals surface area (Å²) in [6.45, 7) is 3.59. The zero-order valence-electron chi connectivity index (χ0n) is 18.9. The van der Waals surface area contributed by atoms with Gasteiger partial charge in [0.1, 0.15) is 0 Å². The molecule has 0 radical (unpaired) electrons. The van der Waals surface area contributed by atoms with Gasteiger partial charge in [-0.25, -0.2) is 4.79 Å². The van der Waals surface area contributed by atoms with Gasteiger partial charge in [-0.05, 0) is 43.0 Å². The summed E-state index contributed by atoms with van der Waals surface area (Å²) < 4.78 is 0. The Kier molecular flexibility index (Phi) is 7.35. The highest BCUT2D eigenvalue weighted by Crippen LogP contribution is 2.27. The van der Waals surface area contributed by atoms with Crippen molar-refractivity contribution in [2.75, 3.05) is 19.6 Å². The van der Waals surface area contributed by atoms with Crippen LogP contribution in [0.4, 0.5) is 4.79 Å². The topological polar surface area (TPSA) is 74.3 Å². The van der Waals surface area contributed by atoms with E-state index in [1.54, 1.807) is 17.2 Å². The number of pyridine rings is 1. The minimum atomic E-state index is -0.189. The van der Waals surface area contributed by atoms with Crippen LogP contribution >= 0.6 is 0 Å². The Labute approximate surface area is 195 Å². The van der Waals surface area contributed by atoms with Crippen molar-refractivity contribution < 1.29 is 9.59 Å². The highest BCUT2D eigenvalue weighted by Gasteiger charge is 2.28. The fourth-order valence-electron chi connectivity index (χ4n) is 4.30. The molecule has 1 fully saturated rings. The Morgan fingerprint density at radius 1 is 1.00 bits per heavy atom. The lowest BCUT2D eigenvalue weighted by molar-refractivity contribution is 0.0789. The average molecular weight is 443 g/mol. The van der Waals surface area contributed by atoms with Crippen LogP contribution in [-0.4, -0.2) is 47.5 Å². The number of carbonyl (C=O) groups excluding carboxylic acids is 2. The van der Waals surface area contributed by atoms with Gasteiger partial charge < -0.3 is 15.5 Å². The molecule has 1 aliphatic heterocycles. The maximum atomic E-state index is 12.7. The smallest absolute Gasteiger partial charge is 0.315 e. The maximum Gasteiger partial charge on any atom is 0.315 e. The molecule has 1 aliphatic rings. The van der Waals surface area contributed by atoms with Gasteiger partial charge in [-0.15, -0.1) is 0 Å². The van der Waals surface area contributed by atoms with Gasteiger partial charge in [-0.1, -0.05) is 60.7 Å². The minimum absolute atomic E-state index is 0.0410. The number of hydrogen-bond acceptors (Lipinski definition) is 3. The second-order valence-corrected chi connectivity index (χ2v) is 8.49. The second kappa shape index (κ2) is 10.8. The number of urea groups is 1. The molecule has 2 N–H and O–H groups in total. The molecule has 0 unspecified atom stereocenters. The van der Waals surface area contributed by atoms with Crippen molar-refractivity contribution in [1.82, 2.24) is 20.5 Å². The molecule has 1 saturated heterocycles. The molecule has 0 saturated carbocycles. The summed E-state index contributed by atoms with van der Waals surface area (Å²) in [7, 11) is 0. The van der Waals surface area contributed by atoms with Crippen LogP contribution in [0.1, 0.15) is 45.9 Å². The molecule has 0 aliphatic carbocycles. The lowest BCUT2D eigenvalue weighted by Gasteiger charge is -2.20. The quantitative estimate of drug-likeness (QED) is 0.578. The lowest BCUT2D eigenvalue weighted by atomic mass is 9.88. The Morgan fingerprint density at radius 2 is 1.67 bits per heavy atom. The first-order valence-electron chi connectivity index (χ1n) is 11.5. The molecule has 1 aromatic heterocycles. The van der Waals surface area contributed by atoms with Crippen LogP contribution in [0.5, 0.6) is 0 Å². The number of likely N-dealkylation sites (tertiary alicyclic amines) is 1. The zero-order chi connectivity index (χ0) is 23.0. The first-order chi connectivity index (χ1) is 16.1.